The summed E-state index contributed by atoms with van der Waals surface area (Å²) in [6.45, 7) is 11.2. The summed E-state index contributed by atoms with van der Waals surface area (Å²) in [5.41, 5.74) is 0.750. The van der Waals surface area contributed by atoms with Crippen LogP contribution in [0.3, 0.4) is 0 Å². The molecule has 3 N–H and O–H groups in total. The number of sulfonamides is 1. The normalized spacial score (nSPS) is 40.9. The minimum atomic E-state index is -4.07. The molecule has 1 aromatic carbocycles. The molecular formula is C35H53NO7S. The third-order valence-electron chi connectivity index (χ3n) is 13.2. The van der Waals surface area contributed by atoms with E-state index in [1.54, 1.807) is 12.1 Å². The number of aliphatic hydroxyl groups is 2. The van der Waals surface area contributed by atoms with Gasteiger partial charge in [-0.2, -0.15) is 0 Å². The van der Waals surface area contributed by atoms with Gasteiger partial charge in [0.05, 0.1) is 23.7 Å². The number of aryl methyl sites for hydroxylation is 1. The van der Waals surface area contributed by atoms with Gasteiger partial charge in [0.2, 0.25) is 0 Å². The molecule has 5 aliphatic rings. The Balaban J connectivity index is 1.07. The summed E-state index contributed by atoms with van der Waals surface area (Å²) in [5.74, 6) is 2.80. The average Bonchev–Trinajstić information content (AvgIpc) is 3.29. The second-order valence-corrected chi connectivity index (χ2v) is 17.6. The van der Waals surface area contributed by atoms with E-state index in [1.807, 2.05) is 13.8 Å². The zero-order valence-corrected chi connectivity index (χ0v) is 28.0. The zero-order valence-electron chi connectivity index (χ0n) is 27.2. The van der Waals surface area contributed by atoms with E-state index < -0.39 is 16.1 Å². The van der Waals surface area contributed by atoms with Crippen molar-refractivity contribution in [1.82, 2.24) is 4.72 Å². The number of benzene rings is 1. The van der Waals surface area contributed by atoms with Crippen molar-refractivity contribution in [2.24, 2.45) is 46.3 Å². The van der Waals surface area contributed by atoms with Gasteiger partial charge in [0.15, 0.2) is 0 Å². The van der Waals surface area contributed by atoms with Gasteiger partial charge in [-0.3, -0.25) is 0 Å². The van der Waals surface area contributed by atoms with Gasteiger partial charge < -0.3 is 19.7 Å². The van der Waals surface area contributed by atoms with Crippen molar-refractivity contribution in [2.75, 3.05) is 6.61 Å². The first-order valence-electron chi connectivity index (χ1n) is 17.1. The monoisotopic (exact) mass is 631 g/mol. The summed E-state index contributed by atoms with van der Waals surface area (Å²) in [4.78, 5) is 12.7. The molecule has 0 bridgehead atoms. The Bertz CT molecular complexity index is 1360. The van der Waals surface area contributed by atoms with Gasteiger partial charge in [0, 0.05) is 0 Å². The molecule has 4 aliphatic carbocycles. The van der Waals surface area contributed by atoms with Crippen LogP contribution in [-0.2, 0) is 21.2 Å². The lowest BCUT2D eigenvalue weighted by Crippen LogP contribution is -2.62. The lowest BCUT2D eigenvalue weighted by atomic mass is 9.41. The van der Waals surface area contributed by atoms with Crippen LogP contribution >= 0.6 is 0 Å². The van der Waals surface area contributed by atoms with E-state index in [0.717, 1.165) is 63.4 Å². The SMILES string of the molecule is CC[C@H]1[C@@H](O)[C@@H]2[C@H](CC[C@]3(C)[C@@H](CCOC(=O)NS(=O)(=O)c4ccc5c(c4)CCC(C)(C)O5)CC[C@@H]23)[C@@]2(C)CC[C@@H](O)C[C@@H]12. The van der Waals surface area contributed by atoms with Crippen LogP contribution in [0.5, 0.6) is 5.75 Å². The molecule has 44 heavy (non-hydrogen) atoms. The predicted octanol–water partition coefficient (Wildman–Crippen LogP) is 6.22. The number of rotatable bonds is 6. The first-order chi connectivity index (χ1) is 20.7. The predicted molar refractivity (Wildman–Crippen MR) is 168 cm³/mol. The number of fused-ring (bicyclic) bond motifs is 6. The highest BCUT2D eigenvalue weighted by Crippen LogP contribution is 2.69. The van der Waals surface area contributed by atoms with Crippen LogP contribution in [-0.4, -0.2) is 49.1 Å². The first-order valence-corrected chi connectivity index (χ1v) is 18.5. The number of carbonyl (C=O) groups excluding carboxylic acids is 1. The molecule has 9 heteroatoms. The lowest BCUT2D eigenvalue weighted by Gasteiger charge is -2.64. The molecule has 1 aliphatic heterocycles. The van der Waals surface area contributed by atoms with Crippen LogP contribution in [0.4, 0.5) is 4.79 Å². The Morgan fingerprint density at radius 2 is 1.73 bits per heavy atom. The molecule has 4 saturated carbocycles. The van der Waals surface area contributed by atoms with E-state index in [0.29, 0.717) is 42.3 Å². The Hall–Kier alpha value is -1.84. The lowest BCUT2D eigenvalue weighted by molar-refractivity contribution is -0.202. The summed E-state index contributed by atoms with van der Waals surface area (Å²) in [5, 5.41) is 22.4. The molecule has 0 spiro atoms. The molecule has 0 unspecified atom stereocenters. The van der Waals surface area contributed by atoms with Crippen LogP contribution < -0.4 is 9.46 Å². The smallest absolute Gasteiger partial charge is 0.421 e. The van der Waals surface area contributed by atoms with Crippen molar-refractivity contribution in [3.63, 3.8) is 0 Å². The maximum Gasteiger partial charge on any atom is 0.421 e. The molecule has 246 valence electrons. The number of amides is 1. The van der Waals surface area contributed by atoms with Gasteiger partial charge in [-0.1, -0.05) is 27.2 Å². The molecule has 0 aromatic heterocycles. The zero-order chi connectivity index (χ0) is 31.7. The summed E-state index contributed by atoms with van der Waals surface area (Å²) in [6, 6.07) is 4.70. The van der Waals surface area contributed by atoms with E-state index in [9.17, 15) is 23.4 Å². The fourth-order valence-electron chi connectivity index (χ4n) is 10.8. The Morgan fingerprint density at radius 1 is 1.00 bits per heavy atom. The van der Waals surface area contributed by atoms with Crippen molar-refractivity contribution in [2.45, 2.75) is 128 Å². The van der Waals surface area contributed by atoms with Crippen LogP contribution in [0, 0.1) is 46.3 Å². The van der Waals surface area contributed by atoms with Crippen molar-refractivity contribution < 1.29 is 32.9 Å². The minimum absolute atomic E-state index is 0.0271. The standard InChI is InChI=1S/C35H53NO7S/c1-6-25-28-20-23(37)12-16-35(28,5)27-13-17-34(4)22(7-9-26(34)30(27)31(25)38)14-18-42-32(39)36-44(40,41)24-8-10-29-21(19-24)11-15-33(2,3)43-29/h8,10,19,22-23,25-28,30-31,37-38H,6-7,9,11-18,20H2,1-5H3,(H,36,39)/t22-,23-,25-,26+,27+,28+,30+,31-,34-,35-/m1/s1. The third-order valence-corrected chi connectivity index (χ3v) is 14.5. The van der Waals surface area contributed by atoms with Crippen molar-refractivity contribution in [3.8, 4) is 5.75 Å². The van der Waals surface area contributed by atoms with Crippen molar-refractivity contribution in [1.29, 1.82) is 0 Å². The van der Waals surface area contributed by atoms with Gasteiger partial charge in [-0.15, -0.1) is 0 Å². The van der Waals surface area contributed by atoms with Gasteiger partial charge >= 0.3 is 6.09 Å². The Morgan fingerprint density at radius 3 is 2.48 bits per heavy atom. The Kier molecular flexibility index (Phi) is 8.35. The van der Waals surface area contributed by atoms with Gasteiger partial charge in [0.25, 0.3) is 10.0 Å². The van der Waals surface area contributed by atoms with E-state index in [4.69, 9.17) is 9.47 Å². The third kappa shape index (κ3) is 5.46. The number of nitrogens with one attached hydrogen (secondary N) is 1. The molecule has 1 heterocycles. The van der Waals surface area contributed by atoms with Crippen LogP contribution in [0.2, 0.25) is 0 Å². The van der Waals surface area contributed by atoms with Crippen LogP contribution in [0.1, 0.15) is 104 Å². The summed E-state index contributed by atoms with van der Waals surface area (Å²) in [6.07, 6.45) is 8.57. The molecule has 4 fully saturated rings. The first kappa shape index (κ1) is 32.1. The summed E-state index contributed by atoms with van der Waals surface area (Å²) in [7, 11) is -4.07. The summed E-state index contributed by atoms with van der Waals surface area (Å²) >= 11 is 0. The van der Waals surface area contributed by atoms with E-state index in [2.05, 4.69) is 25.5 Å². The number of ether oxygens (including phenoxy) is 2. The fraction of sp³-hybridized carbons (Fsp3) is 0.800. The minimum Gasteiger partial charge on any atom is -0.488 e. The van der Waals surface area contributed by atoms with Crippen molar-refractivity contribution in [3.05, 3.63) is 23.8 Å². The number of aliphatic hydroxyl groups excluding tert-OH is 2. The molecular weight excluding hydrogens is 578 g/mol. The molecule has 6 rings (SSSR count). The quantitative estimate of drug-likeness (QED) is 0.341. The number of hydrogen-bond donors (Lipinski definition) is 3. The number of hydrogen-bond acceptors (Lipinski definition) is 7. The molecule has 1 amide bonds. The van der Waals surface area contributed by atoms with Gasteiger partial charge in [-0.25, -0.2) is 17.9 Å². The molecule has 10 atom stereocenters. The maximum absolute atomic E-state index is 13.0. The summed E-state index contributed by atoms with van der Waals surface area (Å²) < 4.78 is 39.5. The molecule has 8 nitrogen and oxygen atoms in total. The molecule has 0 saturated heterocycles. The second kappa shape index (κ2) is 11.4. The Labute approximate surface area is 263 Å². The highest BCUT2D eigenvalue weighted by molar-refractivity contribution is 7.90. The van der Waals surface area contributed by atoms with Gasteiger partial charge in [-0.05, 0) is 148 Å². The highest BCUT2D eigenvalue weighted by Gasteiger charge is 2.64. The van der Waals surface area contributed by atoms with Crippen molar-refractivity contribution >= 4 is 16.1 Å². The largest absolute Gasteiger partial charge is 0.488 e. The average molecular weight is 632 g/mol. The highest BCUT2D eigenvalue weighted by atomic mass is 32.2. The van der Waals surface area contributed by atoms with E-state index in [-0.39, 0.29) is 52.0 Å². The van der Waals surface area contributed by atoms with E-state index in [1.165, 1.54) is 6.07 Å². The molecule has 0 radical (unpaired) electrons. The fourth-order valence-corrected chi connectivity index (χ4v) is 11.8. The topological polar surface area (TPSA) is 122 Å². The number of carbonyl (C=O) groups is 1. The molecule has 1 aromatic rings. The van der Waals surface area contributed by atoms with Crippen LogP contribution in [0.25, 0.3) is 0 Å². The van der Waals surface area contributed by atoms with E-state index >= 15 is 0 Å². The van der Waals surface area contributed by atoms with Gasteiger partial charge in [0.1, 0.15) is 11.4 Å². The maximum atomic E-state index is 13.0. The second-order valence-electron chi connectivity index (χ2n) is 15.9. The van der Waals surface area contributed by atoms with Crippen LogP contribution in [0.15, 0.2) is 23.1 Å².